The van der Waals surface area contributed by atoms with E-state index in [-0.39, 0.29) is 0 Å². The van der Waals surface area contributed by atoms with Gasteiger partial charge in [-0.05, 0) is 24.3 Å². The molecule has 2 heterocycles. The van der Waals surface area contributed by atoms with Crippen molar-refractivity contribution in [1.82, 2.24) is 9.38 Å². The number of fused-ring (bicyclic) bond motifs is 1. The van der Waals surface area contributed by atoms with Gasteiger partial charge in [0.05, 0.1) is 11.3 Å². The molecule has 0 radical (unpaired) electrons. The van der Waals surface area contributed by atoms with Crippen molar-refractivity contribution in [3.8, 4) is 11.3 Å². The molecule has 1 aromatic carbocycles. The van der Waals surface area contributed by atoms with Gasteiger partial charge in [-0.1, -0.05) is 12.1 Å². The predicted octanol–water partition coefficient (Wildman–Crippen LogP) is 3.60. The van der Waals surface area contributed by atoms with Gasteiger partial charge in [0, 0.05) is 23.6 Å². The zero-order valence-corrected chi connectivity index (χ0v) is 10.2. The van der Waals surface area contributed by atoms with Crippen LogP contribution < -0.4 is 5.73 Å². The van der Waals surface area contributed by atoms with Crippen LogP contribution in [0.5, 0.6) is 0 Å². The maximum atomic E-state index is 12.6. The maximum absolute atomic E-state index is 12.6. The molecular formula is C14H10F3N3. The maximum Gasteiger partial charge on any atom is 0.417 e. The number of rotatable bonds is 1. The van der Waals surface area contributed by atoms with E-state index in [2.05, 4.69) is 4.98 Å². The lowest BCUT2D eigenvalue weighted by Crippen LogP contribution is -2.05. The summed E-state index contributed by atoms with van der Waals surface area (Å²) in [5.41, 5.74) is 7.36. The number of benzene rings is 1. The summed E-state index contributed by atoms with van der Waals surface area (Å²) in [6.45, 7) is 0. The molecule has 2 aromatic heterocycles. The van der Waals surface area contributed by atoms with Crippen molar-refractivity contribution in [1.29, 1.82) is 0 Å². The van der Waals surface area contributed by atoms with E-state index in [1.165, 1.54) is 10.5 Å². The van der Waals surface area contributed by atoms with Gasteiger partial charge in [-0.3, -0.25) is 0 Å². The lowest BCUT2D eigenvalue weighted by atomic mass is 10.1. The Kier molecular flexibility index (Phi) is 2.67. The molecule has 0 saturated carbocycles. The number of nitrogens with zero attached hydrogens (tertiary/aromatic N) is 2. The topological polar surface area (TPSA) is 43.3 Å². The Hall–Kier alpha value is -2.50. The van der Waals surface area contributed by atoms with E-state index in [0.717, 1.165) is 17.8 Å². The molecular weight excluding hydrogens is 267 g/mol. The lowest BCUT2D eigenvalue weighted by molar-refractivity contribution is -0.137. The summed E-state index contributed by atoms with van der Waals surface area (Å²) in [7, 11) is 0. The van der Waals surface area contributed by atoms with Crippen molar-refractivity contribution in [3.63, 3.8) is 0 Å². The first-order valence-electron chi connectivity index (χ1n) is 5.85. The molecule has 0 fully saturated rings. The molecule has 0 unspecified atom stereocenters. The van der Waals surface area contributed by atoms with Crippen molar-refractivity contribution in [2.45, 2.75) is 6.18 Å². The number of imidazole rings is 1. The fourth-order valence-corrected chi connectivity index (χ4v) is 2.00. The Labute approximate surface area is 112 Å². The highest BCUT2D eigenvalue weighted by molar-refractivity contribution is 5.66. The van der Waals surface area contributed by atoms with Gasteiger partial charge in [0.1, 0.15) is 5.65 Å². The summed E-state index contributed by atoms with van der Waals surface area (Å²) in [5.74, 6) is 0. The molecule has 2 N–H and O–H groups in total. The highest BCUT2D eigenvalue weighted by Crippen LogP contribution is 2.30. The number of aromatic nitrogens is 2. The van der Waals surface area contributed by atoms with Crippen LogP contribution in [0.3, 0.4) is 0 Å². The van der Waals surface area contributed by atoms with Crippen LogP contribution in [-0.2, 0) is 6.18 Å². The molecule has 6 heteroatoms. The standard InChI is InChI=1S/C14H10F3N3/c15-14(16,17)10-4-5-13-19-12(8-20(13)7-10)9-2-1-3-11(18)6-9/h1-8H,18H2. The Morgan fingerprint density at radius 3 is 2.55 bits per heavy atom. The number of nitrogen functional groups attached to an aromatic ring is 1. The van der Waals surface area contributed by atoms with Gasteiger partial charge < -0.3 is 10.1 Å². The van der Waals surface area contributed by atoms with Crippen molar-refractivity contribution in [3.05, 3.63) is 54.4 Å². The summed E-state index contributed by atoms with van der Waals surface area (Å²) in [5, 5.41) is 0. The molecule has 0 amide bonds. The first kappa shape index (κ1) is 12.5. The average molecular weight is 277 g/mol. The zero-order chi connectivity index (χ0) is 14.3. The van der Waals surface area contributed by atoms with Crippen LogP contribution in [0.1, 0.15) is 5.56 Å². The second-order valence-corrected chi connectivity index (χ2v) is 4.43. The molecule has 0 aliphatic carbocycles. The Bertz CT molecular complexity index is 775. The van der Waals surface area contributed by atoms with Gasteiger partial charge in [0.15, 0.2) is 0 Å². The van der Waals surface area contributed by atoms with Gasteiger partial charge >= 0.3 is 6.18 Å². The summed E-state index contributed by atoms with van der Waals surface area (Å²) in [6.07, 6.45) is -1.78. The van der Waals surface area contributed by atoms with E-state index >= 15 is 0 Å². The van der Waals surface area contributed by atoms with E-state index in [9.17, 15) is 13.2 Å². The fourth-order valence-electron chi connectivity index (χ4n) is 2.00. The van der Waals surface area contributed by atoms with E-state index in [1.807, 2.05) is 6.07 Å². The summed E-state index contributed by atoms with van der Waals surface area (Å²) in [6, 6.07) is 9.41. The van der Waals surface area contributed by atoms with Crippen molar-refractivity contribution in [2.24, 2.45) is 0 Å². The molecule has 20 heavy (non-hydrogen) atoms. The predicted molar refractivity (Wildman–Crippen MR) is 70.0 cm³/mol. The first-order valence-corrected chi connectivity index (χ1v) is 5.85. The molecule has 0 saturated heterocycles. The Morgan fingerprint density at radius 1 is 1.05 bits per heavy atom. The Balaban J connectivity index is 2.11. The van der Waals surface area contributed by atoms with Gasteiger partial charge in [0.2, 0.25) is 0 Å². The molecule has 0 aliphatic heterocycles. The van der Waals surface area contributed by atoms with E-state index in [0.29, 0.717) is 17.0 Å². The van der Waals surface area contributed by atoms with Crippen molar-refractivity contribution in [2.75, 3.05) is 5.73 Å². The minimum atomic E-state index is -4.37. The number of alkyl halides is 3. The smallest absolute Gasteiger partial charge is 0.399 e. The molecule has 3 rings (SSSR count). The van der Waals surface area contributed by atoms with Crippen LogP contribution in [-0.4, -0.2) is 9.38 Å². The Morgan fingerprint density at radius 2 is 1.85 bits per heavy atom. The van der Waals surface area contributed by atoms with E-state index < -0.39 is 11.7 Å². The second kappa shape index (κ2) is 4.26. The third kappa shape index (κ3) is 2.20. The third-order valence-electron chi connectivity index (χ3n) is 2.96. The van der Waals surface area contributed by atoms with Gasteiger partial charge in [-0.25, -0.2) is 4.98 Å². The molecule has 102 valence electrons. The first-order chi connectivity index (χ1) is 9.43. The van der Waals surface area contributed by atoms with E-state index in [4.69, 9.17) is 5.73 Å². The average Bonchev–Trinajstić information content (AvgIpc) is 2.80. The van der Waals surface area contributed by atoms with Crippen LogP contribution in [0.25, 0.3) is 16.9 Å². The fraction of sp³-hybridized carbons (Fsp3) is 0.0714. The number of pyridine rings is 1. The summed E-state index contributed by atoms with van der Waals surface area (Å²) in [4.78, 5) is 4.29. The molecule has 3 nitrogen and oxygen atoms in total. The van der Waals surface area contributed by atoms with Crippen LogP contribution in [0.15, 0.2) is 48.8 Å². The minimum Gasteiger partial charge on any atom is -0.399 e. The number of nitrogens with two attached hydrogens (primary N) is 1. The quantitative estimate of drug-likeness (QED) is 0.690. The van der Waals surface area contributed by atoms with E-state index in [1.54, 1.807) is 24.4 Å². The molecule has 0 aliphatic rings. The molecule has 0 atom stereocenters. The molecule has 0 bridgehead atoms. The van der Waals surface area contributed by atoms with Gasteiger partial charge in [-0.2, -0.15) is 13.2 Å². The zero-order valence-electron chi connectivity index (χ0n) is 10.2. The second-order valence-electron chi connectivity index (χ2n) is 4.43. The van der Waals surface area contributed by atoms with Gasteiger partial charge in [-0.15, -0.1) is 0 Å². The number of anilines is 1. The van der Waals surface area contributed by atoms with Crippen LogP contribution in [0.4, 0.5) is 18.9 Å². The molecule has 3 aromatic rings. The van der Waals surface area contributed by atoms with Crippen LogP contribution in [0, 0.1) is 0 Å². The number of halogens is 3. The number of hydrogen-bond donors (Lipinski definition) is 1. The van der Waals surface area contributed by atoms with Crippen molar-refractivity contribution >= 4 is 11.3 Å². The lowest BCUT2D eigenvalue weighted by Gasteiger charge is -2.05. The summed E-state index contributed by atoms with van der Waals surface area (Å²) >= 11 is 0. The highest BCUT2D eigenvalue weighted by atomic mass is 19.4. The normalized spacial score (nSPS) is 11.9. The van der Waals surface area contributed by atoms with Gasteiger partial charge in [0.25, 0.3) is 0 Å². The van der Waals surface area contributed by atoms with Crippen LogP contribution >= 0.6 is 0 Å². The van der Waals surface area contributed by atoms with Crippen molar-refractivity contribution < 1.29 is 13.2 Å². The third-order valence-corrected chi connectivity index (χ3v) is 2.96. The number of hydrogen-bond acceptors (Lipinski definition) is 2. The molecule has 0 spiro atoms. The monoisotopic (exact) mass is 277 g/mol. The van der Waals surface area contributed by atoms with Crippen LogP contribution in [0.2, 0.25) is 0 Å². The SMILES string of the molecule is Nc1cccc(-c2cn3cc(C(F)(F)F)ccc3n2)c1. The highest BCUT2D eigenvalue weighted by Gasteiger charge is 2.30. The minimum absolute atomic E-state index is 0.454. The summed E-state index contributed by atoms with van der Waals surface area (Å²) < 4.78 is 39.3. The largest absolute Gasteiger partial charge is 0.417 e.